The van der Waals surface area contributed by atoms with Crippen LogP contribution in [0.5, 0.6) is 0 Å². The fourth-order valence-corrected chi connectivity index (χ4v) is 2.77. The minimum Gasteiger partial charge on any atom is -0.478 e. The lowest BCUT2D eigenvalue weighted by Crippen LogP contribution is -2.27. The average molecular weight is 289 g/mol. The number of imidazole rings is 1. The summed E-state index contributed by atoms with van der Waals surface area (Å²) >= 11 is 0. The zero-order chi connectivity index (χ0) is 15.0. The standard InChI is InChI=1S/C14H15N3O4/c18-13(19)9-3-6-17-10(7-9)11(14(20)21)16-12(17)8-1-4-15-5-2-8/h3,6-8,15H,1-2,4-5H2,(H,18,19)(H,20,21). The number of nitrogens with one attached hydrogen (secondary N) is 1. The monoisotopic (exact) mass is 289 g/mol. The van der Waals surface area contributed by atoms with E-state index in [0.29, 0.717) is 11.3 Å². The molecule has 21 heavy (non-hydrogen) atoms. The normalized spacial score (nSPS) is 16.2. The molecule has 0 spiro atoms. The van der Waals surface area contributed by atoms with Crippen LogP contribution in [0, 0.1) is 0 Å². The fraction of sp³-hybridized carbons (Fsp3) is 0.357. The number of carboxylic acid groups (broad SMARTS) is 2. The van der Waals surface area contributed by atoms with E-state index in [1.165, 1.54) is 12.1 Å². The number of aromatic carboxylic acids is 2. The molecule has 1 aliphatic heterocycles. The van der Waals surface area contributed by atoms with Crippen molar-refractivity contribution in [2.75, 3.05) is 13.1 Å². The Morgan fingerprint density at radius 3 is 2.57 bits per heavy atom. The van der Waals surface area contributed by atoms with Crippen molar-refractivity contribution < 1.29 is 19.8 Å². The number of carboxylic acids is 2. The van der Waals surface area contributed by atoms with Crippen molar-refractivity contribution in [1.29, 1.82) is 0 Å². The van der Waals surface area contributed by atoms with Gasteiger partial charge in [0.2, 0.25) is 0 Å². The van der Waals surface area contributed by atoms with Crippen LogP contribution in [0.15, 0.2) is 18.3 Å². The fourth-order valence-electron chi connectivity index (χ4n) is 2.77. The summed E-state index contributed by atoms with van der Waals surface area (Å²) in [5.74, 6) is -1.35. The molecule has 3 rings (SSSR count). The van der Waals surface area contributed by atoms with Crippen LogP contribution in [0.25, 0.3) is 5.52 Å². The van der Waals surface area contributed by atoms with Gasteiger partial charge >= 0.3 is 11.9 Å². The van der Waals surface area contributed by atoms with Crippen LogP contribution in [0.2, 0.25) is 0 Å². The van der Waals surface area contributed by atoms with Crippen LogP contribution in [0.1, 0.15) is 45.4 Å². The van der Waals surface area contributed by atoms with Gasteiger partial charge in [-0.2, -0.15) is 0 Å². The third-order valence-corrected chi connectivity index (χ3v) is 3.82. The van der Waals surface area contributed by atoms with Crippen molar-refractivity contribution in [3.8, 4) is 0 Å². The first-order valence-corrected chi connectivity index (χ1v) is 6.77. The van der Waals surface area contributed by atoms with Crippen molar-refractivity contribution >= 4 is 17.5 Å². The third-order valence-electron chi connectivity index (χ3n) is 3.82. The lowest BCUT2D eigenvalue weighted by atomic mass is 9.97. The number of pyridine rings is 1. The summed E-state index contributed by atoms with van der Waals surface area (Å²) in [5, 5.41) is 21.6. The highest BCUT2D eigenvalue weighted by Gasteiger charge is 2.24. The van der Waals surface area contributed by atoms with E-state index < -0.39 is 11.9 Å². The van der Waals surface area contributed by atoms with Crippen molar-refractivity contribution in [2.24, 2.45) is 0 Å². The van der Waals surface area contributed by atoms with Gasteiger partial charge in [-0.1, -0.05) is 0 Å². The number of hydrogen-bond acceptors (Lipinski definition) is 4. The van der Waals surface area contributed by atoms with Gasteiger partial charge in [-0.3, -0.25) is 0 Å². The van der Waals surface area contributed by atoms with Crippen molar-refractivity contribution in [1.82, 2.24) is 14.7 Å². The van der Waals surface area contributed by atoms with Crippen LogP contribution >= 0.6 is 0 Å². The van der Waals surface area contributed by atoms with E-state index >= 15 is 0 Å². The van der Waals surface area contributed by atoms with Crippen LogP contribution in [0.3, 0.4) is 0 Å². The summed E-state index contributed by atoms with van der Waals surface area (Å²) in [6, 6.07) is 2.83. The zero-order valence-electron chi connectivity index (χ0n) is 11.2. The van der Waals surface area contributed by atoms with Crippen LogP contribution in [0.4, 0.5) is 0 Å². The summed E-state index contributed by atoms with van der Waals surface area (Å²) in [6.07, 6.45) is 3.37. The molecule has 0 aromatic carbocycles. The topological polar surface area (TPSA) is 104 Å². The van der Waals surface area contributed by atoms with E-state index in [0.717, 1.165) is 25.9 Å². The number of hydrogen-bond donors (Lipinski definition) is 3. The first-order valence-electron chi connectivity index (χ1n) is 6.77. The van der Waals surface area contributed by atoms with Gasteiger partial charge in [0.1, 0.15) is 5.82 Å². The maximum Gasteiger partial charge on any atom is 0.356 e. The molecule has 0 aliphatic carbocycles. The molecule has 7 heteroatoms. The smallest absolute Gasteiger partial charge is 0.356 e. The van der Waals surface area contributed by atoms with Crippen molar-refractivity contribution in [2.45, 2.75) is 18.8 Å². The Kier molecular flexibility index (Phi) is 3.34. The van der Waals surface area contributed by atoms with Crippen LogP contribution in [-0.4, -0.2) is 44.6 Å². The Morgan fingerprint density at radius 2 is 1.95 bits per heavy atom. The molecule has 0 amide bonds. The van der Waals surface area contributed by atoms with Gasteiger partial charge in [0.25, 0.3) is 0 Å². The second-order valence-corrected chi connectivity index (χ2v) is 5.12. The first-order chi connectivity index (χ1) is 10.1. The van der Waals surface area contributed by atoms with E-state index in [1.54, 1.807) is 10.6 Å². The number of piperidine rings is 1. The molecule has 2 aromatic heterocycles. The SMILES string of the molecule is O=C(O)c1ccn2c(C3CCNCC3)nc(C(=O)O)c2c1. The van der Waals surface area contributed by atoms with Gasteiger partial charge in [-0.25, -0.2) is 14.6 Å². The molecule has 0 bridgehead atoms. The van der Waals surface area contributed by atoms with Gasteiger partial charge in [0.05, 0.1) is 11.1 Å². The van der Waals surface area contributed by atoms with E-state index in [-0.39, 0.29) is 17.2 Å². The molecule has 110 valence electrons. The molecule has 7 nitrogen and oxygen atoms in total. The molecule has 0 radical (unpaired) electrons. The van der Waals surface area contributed by atoms with Crippen molar-refractivity contribution in [3.63, 3.8) is 0 Å². The Bertz CT molecular complexity index is 716. The number of rotatable bonds is 3. The third kappa shape index (κ3) is 2.36. The molecular weight excluding hydrogens is 274 g/mol. The highest BCUT2D eigenvalue weighted by Crippen LogP contribution is 2.27. The Morgan fingerprint density at radius 1 is 1.24 bits per heavy atom. The van der Waals surface area contributed by atoms with Gasteiger partial charge < -0.3 is 19.9 Å². The van der Waals surface area contributed by atoms with E-state index in [4.69, 9.17) is 5.11 Å². The lowest BCUT2D eigenvalue weighted by Gasteiger charge is -2.21. The Hall–Kier alpha value is -2.41. The predicted molar refractivity (Wildman–Crippen MR) is 74.0 cm³/mol. The van der Waals surface area contributed by atoms with Gasteiger partial charge in [-0.15, -0.1) is 0 Å². The molecule has 3 heterocycles. The molecule has 0 atom stereocenters. The maximum atomic E-state index is 11.4. The largest absolute Gasteiger partial charge is 0.478 e. The minimum absolute atomic E-state index is 0.0572. The van der Waals surface area contributed by atoms with Gasteiger partial charge in [0, 0.05) is 12.1 Å². The van der Waals surface area contributed by atoms with E-state index in [2.05, 4.69) is 10.3 Å². The molecule has 1 aliphatic rings. The highest BCUT2D eigenvalue weighted by molar-refractivity contribution is 5.96. The summed E-state index contributed by atoms with van der Waals surface area (Å²) < 4.78 is 1.70. The van der Waals surface area contributed by atoms with Gasteiger partial charge in [-0.05, 0) is 38.1 Å². The predicted octanol–water partition coefficient (Wildman–Crippen LogP) is 1.20. The van der Waals surface area contributed by atoms with Crippen LogP contribution < -0.4 is 5.32 Å². The Labute approximate surface area is 120 Å². The average Bonchev–Trinajstić information content (AvgIpc) is 2.87. The second-order valence-electron chi connectivity index (χ2n) is 5.12. The van der Waals surface area contributed by atoms with Crippen molar-refractivity contribution in [3.05, 3.63) is 35.4 Å². The number of carbonyl (C=O) groups is 2. The molecule has 1 saturated heterocycles. The van der Waals surface area contributed by atoms with Crippen LogP contribution in [-0.2, 0) is 0 Å². The molecule has 0 unspecified atom stereocenters. The molecular formula is C14H15N3O4. The Balaban J connectivity index is 2.17. The van der Waals surface area contributed by atoms with E-state index in [9.17, 15) is 14.7 Å². The lowest BCUT2D eigenvalue weighted by molar-refractivity contribution is 0.0682. The summed E-state index contributed by atoms with van der Waals surface area (Å²) in [4.78, 5) is 26.7. The second kappa shape index (κ2) is 5.17. The summed E-state index contributed by atoms with van der Waals surface area (Å²) in [5.41, 5.74) is 0.296. The number of fused-ring (bicyclic) bond motifs is 1. The molecule has 3 N–H and O–H groups in total. The number of nitrogens with zero attached hydrogens (tertiary/aromatic N) is 2. The zero-order valence-corrected chi connectivity index (χ0v) is 11.2. The quantitative estimate of drug-likeness (QED) is 0.784. The first kappa shape index (κ1) is 13.6. The molecule has 1 fully saturated rings. The summed E-state index contributed by atoms with van der Waals surface area (Å²) in [7, 11) is 0. The molecule has 0 saturated carbocycles. The maximum absolute atomic E-state index is 11.4. The number of aromatic nitrogens is 2. The van der Waals surface area contributed by atoms with E-state index in [1.807, 2.05) is 0 Å². The summed E-state index contributed by atoms with van der Waals surface area (Å²) in [6.45, 7) is 1.74. The minimum atomic E-state index is -1.14. The van der Waals surface area contributed by atoms with Gasteiger partial charge in [0.15, 0.2) is 5.69 Å². The molecule has 2 aromatic rings. The highest BCUT2D eigenvalue weighted by atomic mass is 16.4.